The van der Waals surface area contributed by atoms with Crippen LogP contribution >= 0.6 is 0 Å². The molecule has 1 aliphatic rings. The zero-order valence-electron chi connectivity index (χ0n) is 12.5. The van der Waals surface area contributed by atoms with Crippen molar-refractivity contribution in [1.82, 2.24) is 4.90 Å². The molecule has 1 unspecified atom stereocenters. The summed E-state index contributed by atoms with van der Waals surface area (Å²) >= 11 is 0. The minimum Gasteiger partial charge on any atom is -0.398 e. The van der Waals surface area contributed by atoms with Crippen molar-refractivity contribution >= 4 is 5.69 Å². The lowest BCUT2D eigenvalue weighted by atomic mass is 9.99. The first-order valence-corrected chi connectivity index (χ1v) is 7.22. The number of aliphatic hydroxyl groups is 1. The highest BCUT2D eigenvalue weighted by Gasteiger charge is 2.33. The molecule has 0 spiro atoms. The van der Waals surface area contributed by atoms with Crippen molar-refractivity contribution in [1.29, 1.82) is 0 Å². The van der Waals surface area contributed by atoms with Crippen LogP contribution in [0.15, 0.2) is 12.1 Å². The maximum absolute atomic E-state index is 10.7. The zero-order valence-corrected chi connectivity index (χ0v) is 12.5. The molecule has 2 atom stereocenters. The first-order chi connectivity index (χ1) is 8.91. The third-order valence-corrected chi connectivity index (χ3v) is 4.40. The maximum Gasteiger partial charge on any atom is 0.135 e. The molecule has 0 aliphatic carbocycles. The molecule has 1 aliphatic heterocycles. The minimum atomic E-state index is -0.575. The second-order valence-corrected chi connectivity index (χ2v) is 6.13. The molecule has 0 radical (unpaired) electrons. The van der Waals surface area contributed by atoms with Crippen molar-refractivity contribution < 1.29 is 5.11 Å². The van der Waals surface area contributed by atoms with Crippen molar-refractivity contribution in [3.8, 4) is 0 Å². The molecule has 3 nitrogen and oxygen atoms in total. The molecule has 1 fully saturated rings. The zero-order chi connectivity index (χ0) is 14.2. The van der Waals surface area contributed by atoms with Crippen LogP contribution in [0.3, 0.4) is 0 Å². The van der Waals surface area contributed by atoms with Crippen molar-refractivity contribution in [3.05, 3.63) is 28.8 Å². The standard InChI is InChI=1S/C16H26N2O/c1-10(2)15-6-5-7-18(15)16(19)13-8-11(3)12(4)9-14(13)17/h8-10,15-16,19H,5-7,17H2,1-4H3/t15-,16?/m0/s1. The Bertz CT molecular complexity index is 456. The molecule has 19 heavy (non-hydrogen) atoms. The van der Waals surface area contributed by atoms with E-state index in [0.29, 0.717) is 17.6 Å². The topological polar surface area (TPSA) is 49.5 Å². The molecule has 1 heterocycles. The smallest absolute Gasteiger partial charge is 0.135 e. The van der Waals surface area contributed by atoms with Crippen LogP contribution in [0.25, 0.3) is 0 Å². The summed E-state index contributed by atoms with van der Waals surface area (Å²) in [5, 5.41) is 10.7. The number of hydrogen-bond donors (Lipinski definition) is 2. The average molecular weight is 262 g/mol. The highest BCUT2D eigenvalue weighted by molar-refractivity contribution is 5.52. The molecule has 1 saturated heterocycles. The summed E-state index contributed by atoms with van der Waals surface area (Å²) in [6.07, 6.45) is 1.75. The van der Waals surface area contributed by atoms with Gasteiger partial charge in [-0.2, -0.15) is 0 Å². The molecule has 2 rings (SSSR count). The van der Waals surface area contributed by atoms with Gasteiger partial charge >= 0.3 is 0 Å². The normalized spacial score (nSPS) is 22.1. The highest BCUT2D eigenvalue weighted by Crippen LogP contribution is 2.34. The van der Waals surface area contributed by atoms with Gasteiger partial charge in [0.2, 0.25) is 0 Å². The predicted octanol–water partition coefficient (Wildman–Crippen LogP) is 3.00. The molecule has 3 heteroatoms. The van der Waals surface area contributed by atoms with E-state index in [2.05, 4.69) is 32.6 Å². The predicted molar refractivity (Wildman–Crippen MR) is 79.9 cm³/mol. The summed E-state index contributed by atoms with van der Waals surface area (Å²) in [7, 11) is 0. The van der Waals surface area contributed by atoms with Crippen LogP contribution in [-0.2, 0) is 0 Å². The maximum atomic E-state index is 10.7. The van der Waals surface area contributed by atoms with Crippen LogP contribution in [0.5, 0.6) is 0 Å². The molecule has 1 aromatic carbocycles. The second kappa shape index (κ2) is 5.51. The monoisotopic (exact) mass is 262 g/mol. The van der Waals surface area contributed by atoms with Gasteiger partial charge in [-0.05, 0) is 55.9 Å². The quantitative estimate of drug-likeness (QED) is 0.823. The van der Waals surface area contributed by atoms with Crippen molar-refractivity contribution in [3.63, 3.8) is 0 Å². The summed E-state index contributed by atoms with van der Waals surface area (Å²) in [6.45, 7) is 9.51. The highest BCUT2D eigenvalue weighted by atomic mass is 16.3. The molecule has 3 N–H and O–H groups in total. The number of benzene rings is 1. The van der Waals surface area contributed by atoms with Crippen LogP contribution in [0.4, 0.5) is 5.69 Å². The fourth-order valence-corrected chi connectivity index (χ4v) is 3.10. The van der Waals surface area contributed by atoms with Gasteiger partial charge in [-0.3, -0.25) is 4.90 Å². The number of nitrogens with zero attached hydrogens (tertiary/aromatic N) is 1. The molecule has 1 aromatic rings. The van der Waals surface area contributed by atoms with Crippen LogP contribution in [0.1, 0.15) is 49.6 Å². The van der Waals surface area contributed by atoms with Crippen molar-refractivity contribution in [2.75, 3.05) is 12.3 Å². The fourth-order valence-electron chi connectivity index (χ4n) is 3.10. The summed E-state index contributed by atoms with van der Waals surface area (Å²) in [5.74, 6) is 0.560. The summed E-state index contributed by atoms with van der Waals surface area (Å²) in [4.78, 5) is 2.20. The number of nitrogen functional groups attached to an aromatic ring is 1. The number of hydrogen-bond acceptors (Lipinski definition) is 3. The van der Waals surface area contributed by atoms with Gasteiger partial charge in [0, 0.05) is 23.8 Å². The lowest BCUT2D eigenvalue weighted by molar-refractivity contribution is -0.0175. The molecule has 0 bridgehead atoms. The largest absolute Gasteiger partial charge is 0.398 e. The Labute approximate surface area is 116 Å². The van der Waals surface area contributed by atoms with Crippen LogP contribution in [0.2, 0.25) is 0 Å². The average Bonchev–Trinajstić information content (AvgIpc) is 2.82. The Morgan fingerprint density at radius 1 is 1.26 bits per heavy atom. The van der Waals surface area contributed by atoms with E-state index in [1.54, 1.807) is 0 Å². The molecular formula is C16H26N2O. The van der Waals surface area contributed by atoms with Gasteiger partial charge in [-0.25, -0.2) is 0 Å². The van der Waals surface area contributed by atoms with E-state index in [4.69, 9.17) is 5.73 Å². The van der Waals surface area contributed by atoms with Crippen molar-refractivity contribution in [2.45, 2.75) is 52.8 Å². The van der Waals surface area contributed by atoms with E-state index in [9.17, 15) is 5.11 Å². The number of rotatable bonds is 3. The van der Waals surface area contributed by atoms with Crippen molar-refractivity contribution in [2.24, 2.45) is 5.92 Å². The van der Waals surface area contributed by atoms with Crippen LogP contribution in [-0.4, -0.2) is 22.6 Å². The lowest BCUT2D eigenvalue weighted by Crippen LogP contribution is -2.37. The molecular weight excluding hydrogens is 236 g/mol. The van der Waals surface area contributed by atoms with E-state index in [1.807, 2.05) is 12.1 Å². The molecule has 0 amide bonds. The number of likely N-dealkylation sites (tertiary alicyclic amines) is 1. The number of nitrogens with two attached hydrogens (primary N) is 1. The van der Waals surface area contributed by atoms with Gasteiger partial charge in [-0.15, -0.1) is 0 Å². The van der Waals surface area contributed by atoms with Crippen LogP contribution in [0, 0.1) is 19.8 Å². The SMILES string of the molecule is Cc1cc(N)c(C(O)N2CCC[C@H]2C(C)C)cc1C. The van der Waals surface area contributed by atoms with Gasteiger partial charge in [0.05, 0.1) is 0 Å². The number of anilines is 1. The Balaban J connectivity index is 2.29. The van der Waals surface area contributed by atoms with Gasteiger partial charge in [0.25, 0.3) is 0 Å². The molecule has 0 aromatic heterocycles. The first kappa shape index (κ1) is 14.4. The van der Waals surface area contributed by atoms with Crippen LogP contribution < -0.4 is 5.73 Å². The van der Waals surface area contributed by atoms with Gasteiger partial charge < -0.3 is 10.8 Å². The van der Waals surface area contributed by atoms with E-state index >= 15 is 0 Å². The molecule has 0 saturated carbocycles. The number of aryl methyl sites for hydroxylation is 2. The summed E-state index contributed by atoms with van der Waals surface area (Å²) < 4.78 is 0. The molecule has 106 valence electrons. The minimum absolute atomic E-state index is 0.455. The van der Waals surface area contributed by atoms with E-state index in [0.717, 1.165) is 18.5 Å². The van der Waals surface area contributed by atoms with Gasteiger partial charge in [-0.1, -0.05) is 13.8 Å². The number of aliphatic hydroxyl groups excluding tert-OH is 1. The Kier molecular flexibility index (Phi) is 4.16. The summed E-state index contributed by atoms with van der Waals surface area (Å²) in [6, 6.07) is 4.45. The van der Waals surface area contributed by atoms with Gasteiger partial charge in [0.15, 0.2) is 0 Å². The Hall–Kier alpha value is -1.06. The lowest BCUT2D eigenvalue weighted by Gasteiger charge is -2.32. The summed E-state index contributed by atoms with van der Waals surface area (Å²) in [5.41, 5.74) is 10.0. The van der Waals surface area contributed by atoms with E-state index < -0.39 is 6.23 Å². The third-order valence-electron chi connectivity index (χ3n) is 4.40. The second-order valence-electron chi connectivity index (χ2n) is 6.13. The Morgan fingerprint density at radius 2 is 1.89 bits per heavy atom. The fraction of sp³-hybridized carbons (Fsp3) is 0.625. The Morgan fingerprint density at radius 3 is 2.53 bits per heavy atom. The third kappa shape index (κ3) is 2.77. The first-order valence-electron chi connectivity index (χ1n) is 7.22. The van der Waals surface area contributed by atoms with Gasteiger partial charge in [0.1, 0.15) is 6.23 Å². The van der Waals surface area contributed by atoms with E-state index in [-0.39, 0.29) is 0 Å². The van der Waals surface area contributed by atoms with E-state index in [1.165, 1.54) is 17.5 Å².